The zero-order chi connectivity index (χ0) is 15.7. The van der Waals surface area contributed by atoms with E-state index in [0.29, 0.717) is 17.4 Å². The minimum atomic E-state index is -3.54. The Morgan fingerprint density at radius 1 is 1.38 bits per heavy atom. The van der Waals surface area contributed by atoms with Crippen LogP contribution in [-0.2, 0) is 10.0 Å². The van der Waals surface area contributed by atoms with Gasteiger partial charge in [0, 0.05) is 12.1 Å². The number of nitrogens with two attached hydrogens (primary N) is 1. The Morgan fingerprint density at radius 3 is 2.71 bits per heavy atom. The smallest absolute Gasteiger partial charge is 0.241 e. The summed E-state index contributed by atoms with van der Waals surface area (Å²) in [4.78, 5) is 0.369. The van der Waals surface area contributed by atoms with Gasteiger partial charge in [-0.05, 0) is 49.8 Å². The van der Waals surface area contributed by atoms with Crippen LogP contribution in [0.3, 0.4) is 0 Å². The van der Waals surface area contributed by atoms with Crippen molar-refractivity contribution < 1.29 is 8.42 Å². The predicted octanol–water partition coefficient (Wildman–Crippen LogP) is 2.49. The standard InChI is InChI=1S/C16H26N2O2S/c1-12-6-7-14(3)15(9-12)21(19,20)18-16(11-17)8-4-5-13(2)10-16/h6-7,9,13,18H,4-5,8,10-11,17H2,1-3H3. The minimum Gasteiger partial charge on any atom is -0.329 e. The Hall–Kier alpha value is -0.910. The fourth-order valence-electron chi connectivity index (χ4n) is 3.32. The SMILES string of the molecule is Cc1ccc(C)c(S(=O)(=O)NC2(CN)CCCC(C)C2)c1. The lowest BCUT2D eigenvalue weighted by Gasteiger charge is -2.39. The third-order valence-corrected chi connectivity index (χ3v) is 6.19. The lowest BCUT2D eigenvalue weighted by molar-refractivity contribution is 0.223. The molecule has 0 aliphatic heterocycles. The molecule has 0 saturated heterocycles. The first-order valence-electron chi connectivity index (χ1n) is 7.59. The molecule has 1 fully saturated rings. The second-order valence-corrected chi connectivity index (χ2v) is 8.21. The van der Waals surface area contributed by atoms with E-state index in [2.05, 4.69) is 11.6 Å². The lowest BCUT2D eigenvalue weighted by atomic mass is 9.77. The molecule has 4 nitrogen and oxygen atoms in total. The number of hydrogen-bond donors (Lipinski definition) is 2. The molecule has 1 aliphatic rings. The summed E-state index contributed by atoms with van der Waals surface area (Å²) < 4.78 is 28.5. The van der Waals surface area contributed by atoms with Gasteiger partial charge in [0.1, 0.15) is 0 Å². The number of rotatable bonds is 4. The normalized spacial score (nSPS) is 26.8. The Labute approximate surface area is 128 Å². The van der Waals surface area contributed by atoms with Crippen molar-refractivity contribution in [3.8, 4) is 0 Å². The predicted molar refractivity (Wildman–Crippen MR) is 85.7 cm³/mol. The zero-order valence-electron chi connectivity index (χ0n) is 13.1. The molecule has 2 rings (SSSR count). The van der Waals surface area contributed by atoms with Gasteiger partial charge in [0.25, 0.3) is 0 Å². The van der Waals surface area contributed by atoms with Crippen LogP contribution < -0.4 is 10.5 Å². The molecule has 1 aromatic rings. The molecule has 0 heterocycles. The Morgan fingerprint density at radius 2 is 2.10 bits per heavy atom. The number of benzene rings is 1. The highest BCUT2D eigenvalue weighted by molar-refractivity contribution is 7.89. The summed E-state index contributed by atoms with van der Waals surface area (Å²) in [5.74, 6) is 0.503. The minimum absolute atomic E-state index is 0.349. The van der Waals surface area contributed by atoms with Gasteiger partial charge in [0.2, 0.25) is 10.0 Å². The van der Waals surface area contributed by atoms with Crippen molar-refractivity contribution in [3.63, 3.8) is 0 Å². The van der Waals surface area contributed by atoms with E-state index in [0.717, 1.165) is 36.8 Å². The maximum Gasteiger partial charge on any atom is 0.241 e. The van der Waals surface area contributed by atoms with Crippen LogP contribution in [0.5, 0.6) is 0 Å². The van der Waals surface area contributed by atoms with Gasteiger partial charge in [-0.1, -0.05) is 31.9 Å². The van der Waals surface area contributed by atoms with Crippen molar-refractivity contribution in [1.82, 2.24) is 4.72 Å². The van der Waals surface area contributed by atoms with Crippen LogP contribution in [0, 0.1) is 19.8 Å². The van der Waals surface area contributed by atoms with Crippen molar-refractivity contribution in [2.24, 2.45) is 11.7 Å². The Balaban J connectivity index is 2.33. The summed E-state index contributed by atoms with van der Waals surface area (Å²) in [7, 11) is -3.54. The van der Waals surface area contributed by atoms with Gasteiger partial charge in [-0.3, -0.25) is 0 Å². The van der Waals surface area contributed by atoms with Crippen molar-refractivity contribution >= 4 is 10.0 Å². The first-order valence-corrected chi connectivity index (χ1v) is 9.08. The fourth-order valence-corrected chi connectivity index (χ4v) is 5.10. The fraction of sp³-hybridized carbons (Fsp3) is 0.625. The second-order valence-electron chi connectivity index (χ2n) is 6.56. The molecule has 21 heavy (non-hydrogen) atoms. The van der Waals surface area contributed by atoms with E-state index in [9.17, 15) is 8.42 Å². The third kappa shape index (κ3) is 3.65. The van der Waals surface area contributed by atoms with Crippen molar-refractivity contribution in [1.29, 1.82) is 0 Å². The second kappa shape index (κ2) is 6.07. The number of sulfonamides is 1. The van der Waals surface area contributed by atoms with E-state index in [4.69, 9.17) is 5.73 Å². The van der Waals surface area contributed by atoms with Crippen molar-refractivity contribution in [2.45, 2.75) is 56.9 Å². The van der Waals surface area contributed by atoms with Gasteiger partial charge < -0.3 is 5.73 Å². The monoisotopic (exact) mass is 310 g/mol. The van der Waals surface area contributed by atoms with Crippen molar-refractivity contribution in [2.75, 3.05) is 6.54 Å². The molecule has 1 aromatic carbocycles. The quantitative estimate of drug-likeness (QED) is 0.897. The molecule has 0 amide bonds. The van der Waals surface area contributed by atoms with Gasteiger partial charge in [0.15, 0.2) is 0 Å². The van der Waals surface area contributed by atoms with Crippen LogP contribution in [0.2, 0.25) is 0 Å². The summed E-state index contributed by atoms with van der Waals surface area (Å²) in [6, 6.07) is 5.51. The van der Waals surface area contributed by atoms with Crippen LogP contribution in [-0.4, -0.2) is 20.5 Å². The van der Waals surface area contributed by atoms with E-state index in [-0.39, 0.29) is 0 Å². The molecule has 0 bridgehead atoms. The Bertz CT molecular complexity index is 613. The molecule has 0 spiro atoms. The zero-order valence-corrected chi connectivity index (χ0v) is 14.0. The molecule has 2 atom stereocenters. The summed E-state index contributed by atoms with van der Waals surface area (Å²) in [6.07, 6.45) is 3.80. The first-order chi connectivity index (χ1) is 9.78. The molecule has 0 aromatic heterocycles. The Kier molecular flexibility index (Phi) is 4.76. The third-order valence-electron chi connectivity index (χ3n) is 4.47. The highest BCUT2D eigenvalue weighted by atomic mass is 32.2. The number of aryl methyl sites for hydroxylation is 2. The average Bonchev–Trinajstić information content (AvgIpc) is 2.41. The summed E-state index contributed by atoms with van der Waals surface area (Å²) >= 11 is 0. The molecular weight excluding hydrogens is 284 g/mol. The maximum absolute atomic E-state index is 12.8. The molecule has 1 saturated carbocycles. The van der Waals surface area contributed by atoms with Gasteiger partial charge in [0.05, 0.1) is 4.90 Å². The highest BCUT2D eigenvalue weighted by Crippen LogP contribution is 2.33. The topological polar surface area (TPSA) is 72.2 Å². The number of hydrogen-bond acceptors (Lipinski definition) is 3. The van der Waals surface area contributed by atoms with E-state index >= 15 is 0 Å². The molecule has 118 valence electrons. The molecular formula is C16H26N2O2S. The van der Waals surface area contributed by atoms with Gasteiger partial charge in [-0.25, -0.2) is 13.1 Å². The molecule has 5 heteroatoms. The van der Waals surface area contributed by atoms with E-state index in [1.165, 1.54) is 0 Å². The average molecular weight is 310 g/mol. The van der Waals surface area contributed by atoms with Crippen LogP contribution in [0.15, 0.2) is 23.1 Å². The van der Waals surface area contributed by atoms with E-state index < -0.39 is 15.6 Å². The maximum atomic E-state index is 12.8. The molecule has 2 unspecified atom stereocenters. The van der Waals surface area contributed by atoms with E-state index in [1.54, 1.807) is 6.07 Å². The van der Waals surface area contributed by atoms with Crippen LogP contribution in [0.1, 0.15) is 43.7 Å². The highest BCUT2D eigenvalue weighted by Gasteiger charge is 2.38. The van der Waals surface area contributed by atoms with Crippen LogP contribution >= 0.6 is 0 Å². The first kappa shape index (κ1) is 16.5. The van der Waals surface area contributed by atoms with Crippen molar-refractivity contribution in [3.05, 3.63) is 29.3 Å². The van der Waals surface area contributed by atoms with E-state index in [1.807, 2.05) is 26.0 Å². The molecule has 1 aliphatic carbocycles. The van der Waals surface area contributed by atoms with Gasteiger partial charge >= 0.3 is 0 Å². The largest absolute Gasteiger partial charge is 0.329 e. The summed E-state index contributed by atoms with van der Waals surface area (Å²) in [5.41, 5.74) is 7.15. The molecule has 3 N–H and O–H groups in total. The molecule has 0 radical (unpaired) electrons. The van der Waals surface area contributed by atoms with Gasteiger partial charge in [-0.15, -0.1) is 0 Å². The summed E-state index contributed by atoms with van der Waals surface area (Å²) in [5, 5.41) is 0. The van der Waals surface area contributed by atoms with Gasteiger partial charge in [-0.2, -0.15) is 0 Å². The summed E-state index contributed by atoms with van der Waals surface area (Å²) in [6.45, 7) is 6.24. The number of nitrogens with one attached hydrogen (secondary N) is 1. The van der Waals surface area contributed by atoms with Crippen LogP contribution in [0.25, 0.3) is 0 Å². The van der Waals surface area contributed by atoms with Crippen LogP contribution in [0.4, 0.5) is 0 Å². The lowest BCUT2D eigenvalue weighted by Crippen LogP contribution is -2.55.